The Morgan fingerprint density at radius 1 is 1.08 bits per heavy atom. The van der Waals surface area contributed by atoms with Crippen molar-refractivity contribution in [2.75, 3.05) is 0 Å². The van der Waals surface area contributed by atoms with E-state index in [1.165, 1.54) is 5.56 Å². The zero-order chi connectivity index (χ0) is 17.8. The van der Waals surface area contributed by atoms with Crippen molar-refractivity contribution in [3.05, 3.63) is 70.0 Å². The van der Waals surface area contributed by atoms with Crippen molar-refractivity contribution in [1.29, 1.82) is 0 Å². The zero-order valence-corrected chi connectivity index (χ0v) is 16.1. The lowest BCUT2D eigenvalue weighted by atomic mass is 10.2. The molecule has 1 aromatic heterocycles. The predicted octanol–water partition coefficient (Wildman–Crippen LogP) is 5.55. The Morgan fingerprint density at radius 3 is 2.52 bits per heavy atom. The molecule has 2 aromatic carbocycles. The summed E-state index contributed by atoms with van der Waals surface area (Å²) in [5, 5.41) is 10.7. The van der Waals surface area contributed by atoms with Crippen LogP contribution in [0, 0.1) is 0 Å². The summed E-state index contributed by atoms with van der Waals surface area (Å²) in [6.07, 6.45) is -0.262. The SMILES string of the molecule is CC(Oc1ccccc1Cl)c1nnc(SCc2ccc(Cl)cc2)n1C. The van der Waals surface area contributed by atoms with Crippen LogP contribution in [0.4, 0.5) is 0 Å². The van der Waals surface area contributed by atoms with E-state index in [1.54, 1.807) is 17.8 Å². The number of ether oxygens (including phenoxy) is 1. The number of halogens is 2. The first kappa shape index (κ1) is 18.1. The van der Waals surface area contributed by atoms with Gasteiger partial charge in [-0.25, -0.2) is 0 Å². The number of para-hydroxylation sites is 1. The Morgan fingerprint density at radius 2 is 1.80 bits per heavy atom. The summed E-state index contributed by atoms with van der Waals surface area (Å²) in [6.45, 7) is 1.93. The van der Waals surface area contributed by atoms with Gasteiger partial charge in [-0.3, -0.25) is 0 Å². The molecule has 0 aliphatic carbocycles. The molecule has 1 unspecified atom stereocenters. The fourth-order valence-corrected chi connectivity index (χ4v) is 3.50. The first-order valence-electron chi connectivity index (χ1n) is 7.72. The molecule has 0 spiro atoms. The van der Waals surface area contributed by atoms with Gasteiger partial charge in [0.15, 0.2) is 17.1 Å². The van der Waals surface area contributed by atoms with Crippen molar-refractivity contribution in [2.45, 2.75) is 23.9 Å². The van der Waals surface area contributed by atoms with E-state index in [2.05, 4.69) is 10.2 Å². The number of rotatable bonds is 6. The van der Waals surface area contributed by atoms with E-state index in [4.69, 9.17) is 27.9 Å². The maximum atomic E-state index is 6.15. The molecule has 1 heterocycles. The lowest BCUT2D eigenvalue weighted by Gasteiger charge is -2.15. The van der Waals surface area contributed by atoms with Crippen molar-refractivity contribution in [3.8, 4) is 5.75 Å². The highest BCUT2D eigenvalue weighted by Crippen LogP contribution is 2.29. The van der Waals surface area contributed by atoms with E-state index < -0.39 is 0 Å². The second-order valence-electron chi connectivity index (χ2n) is 5.51. The van der Waals surface area contributed by atoms with Crippen LogP contribution in [0.1, 0.15) is 24.4 Å². The molecule has 0 N–H and O–H groups in total. The molecule has 25 heavy (non-hydrogen) atoms. The third-order valence-electron chi connectivity index (χ3n) is 3.65. The predicted molar refractivity (Wildman–Crippen MR) is 103 cm³/mol. The minimum atomic E-state index is -0.262. The standard InChI is InChI=1S/C18H17Cl2N3OS/c1-12(24-16-6-4-3-5-15(16)20)17-21-22-18(23(17)2)25-11-13-7-9-14(19)10-8-13/h3-10,12H,11H2,1-2H3. The topological polar surface area (TPSA) is 39.9 Å². The average molecular weight is 394 g/mol. The maximum Gasteiger partial charge on any atom is 0.191 e. The van der Waals surface area contributed by atoms with Gasteiger partial charge in [0.05, 0.1) is 5.02 Å². The molecule has 4 nitrogen and oxygen atoms in total. The lowest BCUT2D eigenvalue weighted by molar-refractivity contribution is 0.211. The Hall–Kier alpha value is -1.69. The minimum absolute atomic E-state index is 0.262. The van der Waals surface area contributed by atoms with Gasteiger partial charge in [-0.15, -0.1) is 10.2 Å². The summed E-state index contributed by atoms with van der Waals surface area (Å²) in [5.41, 5.74) is 1.18. The molecule has 0 saturated heterocycles. The molecule has 0 radical (unpaired) electrons. The Labute approximate surface area is 161 Å². The summed E-state index contributed by atoms with van der Waals surface area (Å²) >= 11 is 13.7. The van der Waals surface area contributed by atoms with Gasteiger partial charge in [0, 0.05) is 17.8 Å². The molecule has 1 atom stereocenters. The van der Waals surface area contributed by atoms with Crippen LogP contribution in [0.25, 0.3) is 0 Å². The van der Waals surface area contributed by atoms with E-state index in [0.717, 1.165) is 21.8 Å². The number of benzene rings is 2. The summed E-state index contributed by atoms with van der Waals surface area (Å²) in [6, 6.07) is 15.2. The van der Waals surface area contributed by atoms with E-state index in [0.29, 0.717) is 10.8 Å². The van der Waals surface area contributed by atoms with Crippen LogP contribution >= 0.6 is 35.0 Å². The second-order valence-corrected chi connectivity index (χ2v) is 7.29. The minimum Gasteiger partial charge on any atom is -0.481 e. The number of aromatic nitrogens is 3. The fourth-order valence-electron chi connectivity index (χ4n) is 2.32. The average Bonchev–Trinajstić information content (AvgIpc) is 2.97. The van der Waals surface area contributed by atoms with Crippen LogP contribution in [0.3, 0.4) is 0 Å². The van der Waals surface area contributed by atoms with Crippen LogP contribution in [-0.2, 0) is 12.8 Å². The summed E-state index contributed by atoms with van der Waals surface area (Å²) in [4.78, 5) is 0. The Balaban J connectivity index is 1.67. The molecular formula is C18H17Cl2N3OS. The lowest BCUT2D eigenvalue weighted by Crippen LogP contribution is -2.10. The van der Waals surface area contributed by atoms with Gasteiger partial charge in [-0.2, -0.15) is 0 Å². The van der Waals surface area contributed by atoms with Crippen LogP contribution in [0.15, 0.2) is 53.7 Å². The third kappa shape index (κ3) is 4.48. The highest BCUT2D eigenvalue weighted by Gasteiger charge is 2.18. The molecule has 7 heteroatoms. The van der Waals surface area contributed by atoms with E-state index in [-0.39, 0.29) is 6.10 Å². The van der Waals surface area contributed by atoms with Gasteiger partial charge >= 0.3 is 0 Å². The molecular weight excluding hydrogens is 377 g/mol. The number of hydrogen-bond donors (Lipinski definition) is 0. The van der Waals surface area contributed by atoms with Gasteiger partial charge in [-0.05, 0) is 36.8 Å². The van der Waals surface area contributed by atoms with Gasteiger partial charge < -0.3 is 9.30 Å². The van der Waals surface area contributed by atoms with Crippen molar-refractivity contribution >= 4 is 35.0 Å². The van der Waals surface area contributed by atoms with Crippen LogP contribution in [0.2, 0.25) is 10.0 Å². The van der Waals surface area contributed by atoms with E-state index in [9.17, 15) is 0 Å². The van der Waals surface area contributed by atoms with E-state index >= 15 is 0 Å². The molecule has 0 aliphatic heterocycles. The van der Waals surface area contributed by atoms with Crippen LogP contribution in [0.5, 0.6) is 5.75 Å². The monoisotopic (exact) mass is 393 g/mol. The van der Waals surface area contributed by atoms with E-state index in [1.807, 2.05) is 61.0 Å². The second kappa shape index (κ2) is 8.13. The molecule has 0 saturated carbocycles. The molecule has 0 bridgehead atoms. The molecule has 0 amide bonds. The highest BCUT2D eigenvalue weighted by atomic mass is 35.5. The third-order valence-corrected chi connectivity index (χ3v) is 5.31. The Kier molecular flexibility index (Phi) is 5.89. The van der Waals surface area contributed by atoms with Crippen molar-refractivity contribution in [2.24, 2.45) is 7.05 Å². The normalized spacial score (nSPS) is 12.2. The molecule has 0 aliphatic rings. The van der Waals surface area contributed by atoms with Crippen LogP contribution in [-0.4, -0.2) is 14.8 Å². The molecule has 3 aromatic rings. The number of hydrogen-bond acceptors (Lipinski definition) is 4. The molecule has 0 fully saturated rings. The van der Waals surface area contributed by atoms with Gasteiger partial charge in [0.2, 0.25) is 0 Å². The maximum absolute atomic E-state index is 6.15. The van der Waals surface area contributed by atoms with Crippen LogP contribution < -0.4 is 4.74 Å². The van der Waals surface area contributed by atoms with Gasteiger partial charge in [0.25, 0.3) is 0 Å². The largest absolute Gasteiger partial charge is 0.481 e. The van der Waals surface area contributed by atoms with Gasteiger partial charge in [0.1, 0.15) is 5.75 Å². The molecule has 130 valence electrons. The van der Waals surface area contributed by atoms with Crippen molar-refractivity contribution in [3.63, 3.8) is 0 Å². The van der Waals surface area contributed by atoms with Gasteiger partial charge in [-0.1, -0.05) is 59.2 Å². The van der Waals surface area contributed by atoms with Crippen molar-refractivity contribution < 1.29 is 4.74 Å². The summed E-state index contributed by atoms with van der Waals surface area (Å²) in [5.74, 6) is 2.18. The first-order chi connectivity index (χ1) is 12.0. The quantitative estimate of drug-likeness (QED) is 0.514. The first-order valence-corrected chi connectivity index (χ1v) is 9.46. The summed E-state index contributed by atoms with van der Waals surface area (Å²) < 4.78 is 7.87. The summed E-state index contributed by atoms with van der Waals surface area (Å²) in [7, 11) is 1.94. The highest BCUT2D eigenvalue weighted by molar-refractivity contribution is 7.98. The van der Waals surface area contributed by atoms with Crippen molar-refractivity contribution in [1.82, 2.24) is 14.8 Å². The fraction of sp³-hybridized carbons (Fsp3) is 0.222. The smallest absolute Gasteiger partial charge is 0.191 e. The number of thioether (sulfide) groups is 1. The molecule has 3 rings (SSSR count). The Bertz CT molecular complexity index is 852. The number of nitrogens with zero attached hydrogens (tertiary/aromatic N) is 3. The zero-order valence-electron chi connectivity index (χ0n) is 13.8.